The lowest BCUT2D eigenvalue weighted by atomic mass is 10.2. The van der Waals surface area contributed by atoms with Crippen LogP contribution >= 0.6 is 15.9 Å². The van der Waals surface area contributed by atoms with Gasteiger partial charge in [0.2, 0.25) is 0 Å². The highest BCUT2D eigenvalue weighted by atomic mass is 79.9. The third-order valence-electron chi connectivity index (χ3n) is 2.48. The van der Waals surface area contributed by atoms with Gasteiger partial charge in [-0.15, -0.1) is 0 Å². The summed E-state index contributed by atoms with van der Waals surface area (Å²) in [7, 11) is 1.66. The smallest absolute Gasteiger partial charge is 0.335 e. The van der Waals surface area contributed by atoms with Crippen LogP contribution in [0.5, 0.6) is 0 Å². The second kappa shape index (κ2) is 6.61. The number of benzene rings is 1. The van der Waals surface area contributed by atoms with Crippen LogP contribution in [0.2, 0.25) is 0 Å². The van der Waals surface area contributed by atoms with Crippen LogP contribution in [0.3, 0.4) is 0 Å². The average Bonchev–Trinajstić information content (AvgIpc) is 2.31. The molecule has 0 aliphatic rings. The third kappa shape index (κ3) is 3.71. The van der Waals surface area contributed by atoms with Gasteiger partial charge in [-0.25, -0.2) is 4.79 Å². The van der Waals surface area contributed by atoms with Gasteiger partial charge in [0, 0.05) is 24.7 Å². The predicted molar refractivity (Wildman–Crippen MR) is 70.9 cm³/mol. The lowest BCUT2D eigenvalue weighted by Crippen LogP contribution is -2.27. The number of rotatable bonds is 6. The van der Waals surface area contributed by atoms with E-state index in [0.29, 0.717) is 6.61 Å². The first-order valence-corrected chi connectivity index (χ1v) is 6.16. The minimum Gasteiger partial charge on any atom is -0.478 e. The van der Waals surface area contributed by atoms with Crippen LogP contribution < -0.4 is 4.90 Å². The van der Waals surface area contributed by atoms with Gasteiger partial charge in [-0.2, -0.15) is 0 Å². The highest BCUT2D eigenvalue weighted by Crippen LogP contribution is 2.27. The van der Waals surface area contributed by atoms with Crippen molar-refractivity contribution in [2.45, 2.75) is 6.92 Å². The average molecular weight is 302 g/mol. The summed E-state index contributed by atoms with van der Waals surface area (Å²) in [5.41, 5.74) is 1.26. The summed E-state index contributed by atoms with van der Waals surface area (Å²) in [5.74, 6) is -0.919. The van der Waals surface area contributed by atoms with Gasteiger partial charge in [0.05, 0.1) is 17.9 Å². The first-order chi connectivity index (χ1) is 8.10. The molecule has 5 heteroatoms. The summed E-state index contributed by atoms with van der Waals surface area (Å²) in [6, 6.07) is 5.04. The number of nitrogens with zero attached hydrogens (tertiary/aromatic N) is 1. The van der Waals surface area contributed by atoms with E-state index >= 15 is 0 Å². The van der Waals surface area contributed by atoms with Gasteiger partial charge in [-0.1, -0.05) is 0 Å². The molecule has 94 valence electrons. The van der Waals surface area contributed by atoms with E-state index in [1.165, 1.54) is 0 Å². The molecule has 1 aromatic rings. The van der Waals surface area contributed by atoms with Crippen LogP contribution in [0.25, 0.3) is 0 Å². The molecule has 0 radical (unpaired) electrons. The quantitative estimate of drug-likeness (QED) is 0.877. The highest BCUT2D eigenvalue weighted by Gasteiger charge is 2.11. The van der Waals surface area contributed by atoms with Crippen molar-refractivity contribution in [2.75, 3.05) is 31.7 Å². The second-order valence-electron chi connectivity index (χ2n) is 3.54. The minimum atomic E-state index is -0.919. The molecule has 0 atom stereocenters. The molecular weight excluding hydrogens is 286 g/mol. The van der Waals surface area contributed by atoms with E-state index in [1.807, 2.05) is 13.0 Å². The van der Waals surface area contributed by atoms with Crippen LogP contribution in [-0.2, 0) is 4.74 Å². The van der Waals surface area contributed by atoms with E-state index in [9.17, 15) is 4.79 Å². The monoisotopic (exact) mass is 301 g/mol. The lowest BCUT2D eigenvalue weighted by Gasteiger charge is -2.24. The number of ether oxygens (including phenoxy) is 1. The molecular formula is C12H16BrNO3. The largest absolute Gasteiger partial charge is 0.478 e. The van der Waals surface area contributed by atoms with Gasteiger partial charge < -0.3 is 14.7 Å². The number of anilines is 1. The molecule has 0 aromatic heterocycles. The highest BCUT2D eigenvalue weighted by molar-refractivity contribution is 9.10. The van der Waals surface area contributed by atoms with Crippen molar-refractivity contribution < 1.29 is 14.6 Å². The fourth-order valence-corrected chi connectivity index (χ4v) is 2.18. The number of hydrogen-bond acceptors (Lipinski definition) is 3. The first kappa shape index (κ1) is 14.0. The Kier molecular flexibility index (Phi) is 5.44. The van der Waals surface area contributed by atoms with Gasteiger partial charge in [-0.05, 0) is 41.1 Å². The second-order valence-corrected chi connectivity index (χ2v) is 4.40. The Morgan fingerprint density at radius 2 is 2.24 bits per heavy atom. The molecule has 0 heterocycles. The number of carboxylic acids is 1. The normalized spacial score (nSPS) is 10.3. The third-order valence-corrected chi connectivity index (χ3v) is 3.12. The minimum absolute atomic E-state index is 0.281. The summed E-state index contributed by atoms with van der Waals surface area (Å²) in [4.78, 5) is 12.9. The van der Waals surface area contributed by atoms with Crippen molar-refractivity contribution in [3.63, 3.8) is 0 Å². The lowest BCUT2D eigenvalue weighted by molar-refractivity contribution is 0.0697. The van der Waals surface area contributed by atoms with E-state index in [4.69, 9.17) is 9.84 Å². The van der Waals surface area contributed by atoms with Crippen LogP contribution in [-0.4, -0.2) is 37.9 Å². The molecule has 4 nitrogen and oxygen atoms in total. The van der Waals surface area contributed by atoms with Crippen molar-refractivity contribution in [1.82, 2.24) is 0 Å². The zero-order valence-corrected chi connectivity index (χ0v) is 11.5. The number of aromatic carboxylic acids is 1. The van der Waals surface area contributed by atoms with E-state index < -0.39 is 5.97 Å². The van der Waals surface area contributed by atoms with Crippen molar-refractivity contribution in [2.24, 2.45) is 0 Å². The Balaban J connectivity index is 2.92. The molecule has 1 rings (SSSR count). The number of hydrogen-bond donors (Lipinski definition) is 1. The molecule has 17 heavy (non-hydrogen) atoms. The summed E-state index contributed by atoms with van der Waals surface area (Å²) >= 11 is 3.40. The van der Waals surface area contributed by atoms with Crippen LogP contribution in [0.1, 0.15) is 17.3 Å². The molecule has 0 spiro atoms. The van der Waals surface area contributed by atoms with Gasteiger partial charge in [0.15, 0.2) is 0 Å². The maximum atomic E-state index is 10.8. The topological polar surface area (TPSA) is 49.8 Å². The molecule has 0 aliphatic carbocycles. The van der Waals surface area contributed by atoms with Crippen molar-refractivity contribution in [3.05, 3.63) is 28.2 Å². The fraction of sp³-hybridized carbons (Fsp3) is 0.417. The molecule has 1 aromatic carbocycles. The first-order valence-electron chi connectivity index (χ1n) is 5.36. The van der Waals surface area contributed by atoms with Gasteiger partial charge in [-0.3, -0.25) is 0 Å². The van der Waals surface area contributed by atoms with Crippen molar-refractivity contribution in [1.29, 1.82) is 0 Å². The van der Waals surface area contributed by atoms with E-state index in [2.05, 4.69) is 20.8 Å². The van der Waals surface area contributed by atoms with Crippen molar-refractivity contribution in [3.8, 4) is 0 Å². The molecule has 0 unspecified atom stereocenters. The summed E-state index contributed by atoms with van der Waals surface area (Å²) in [5, 5.41) is 8.88. The molecule has 0 aliphatic heterocycles. The standard InChI is InChI=1S/C12H16BrNO3/c1-3-14(6-7-17-2)11-5-4-9(12(15)16)8-10(11)13/h4-5,8H,3,6-7H2,1-2H3,(H,15,16). The SMILES string of the molecule is CCN(CCOC)c1ccc(C(=O)O)cc1Br. The van der Waals surface area contributed by atoms with Gasteiger partial charge >= 0.3 is 5.97 Å². The molecule has 0 bridgehead atoms. The zero-order chi connectivity index (χ0) is 12.8. The zero-order valence-electron chi connectivity index (χ0n) is 9.94. The Morgan fingerprint density at radius 3 is 2.71 bits per heavy atom. The summed E-state index contributed by atoms with van der Waals surface area (Å²) in [6.07, 6.45) is 0. The molecule has 0 amide bonds. The summed E-state index contributed by atoms with van der Waals surface area (Å²) in [6.45, 7) is 4.31. The van der Waals surface area contributed by atoms with Crippen molar-refractivity contribution >= 4 is 27.6 Å². The van der Waals surface area contributed by atoms with Gasteiger partial charge in [0.25, 0.3) is 0 Å². The van der Waals surface area contributed by atoms with E-state index in [-0.39, 0.29) is 5.56 Å². The van der Waals surface area contributed by atoms with E-state index in [1.54, 1.807) is 19.2 Å². The maximum Gasteiger partial charge on any atom is 0.335 e. The number of carboxylic acid groups (broad SMARTS) is 1. The van der Waals surface area contributed by atoms with Crippen LogP contribution in [0, 0.1) is 0 Å². The van der Waals surface area contributed by atoms with Crippen LogP contribution in [0.4, 0.5) is 5.69 Å². The molecule has 0 saturated carbocycles. The number of halogens is 1. The predicted octanol–water partition coefficient (Wildman–Crippen LogP) is 2.62. The Morgan fingerprint density at radius 1 is 1.53 bits per heavy atom. The number of likely N-dealkylation sites (N-methyl/N-ethyl adjacent to an activating group) is 1. The fourth-order valence-electron chi connectivity index (χ4n) is 1.55. The molecule has 1 N–H and O–H groups in total. The Bertz CT molecular complexity index is 395. The number of methoxy groups -OCH3 is 1. The maximum absolute atomic E-state index is 10.8. The Hall–Kier alpha value is -1.07. The van der Waals surface area contributed by atoms with Gasteiger partial charge in [0.1, 0.15) is 0 Å². The molecule has 0 saturated heterocycles. The van der Waals surface area contributed by atoms with E-state index in [0.717, 1.165) is 23.2 Å². The van der Waals surface area contributed by atoms with Crippen LogP contribution in [0.15, 0.2) is 22.7 Å². The molecule has 0 fully saturated rings. The summed E-state index contributed by atoms with van der Waals surface area (Å²) < 4.78 is 5.83. The Labute approximate surface area is 109 Å². The number of carbonyl (C=O) groups is 1.